The number of benzene rings is 2. The van der Waals surface area contributed by atoms with Crippen molar-refractivity contribution in [1.29, 1.82) is 0 Å². The molecule has 0 fully saturated rings. The normalized spacial score (nSPS) is 16.1. The number of nitrogens with zero attached hydrogens (tertiary/aromatic N) is 2. The minimum absolute atomic E-state index is 0.218. The summed E-state index contributed by atoms with van der Waals surface area (Å²) in [6, 6.07) is 15.7. The average Bonchev–Trinajstić information content (AvgIpc) is 3.14. The van der Waals surface area contributed by atoms with Crippen molar-refractivity contribution >= 4 is 11.7 Å². The third kappa shape index (κ3) is 3.10. The van der Waals surface area contributed by atoms with E-state index in [-0.39, 0.29) is 11.8 Å². The van der Waals surface area contributed by atoms with Crippen LogP contribution in [0.3, 0.4) is 0 Å². The van der Waals surface area contributed by atoms with Crippen LogP contribution in [0.15, 0.2) is 60.8 Å². The Balaban J connectivity index is 1.71. The van der Waals surface area contributed by atoms with Crippen LogP contribution in [0.25, 0.3) is 0 Å². The van der Waals surface area contributed by atoms with Crippen molar-refractivity contribution in [3.63, 3.8) is 0 Å². The van der Waals surface area contributed by atoms with Crippen LogP contribution in [-0.4, -0.2) is 22.0 Å². The molecule has 1 aliphatic rings. The van der Waals surface area contributed by atoms with Crippen molar-refractivity contribution in [2.75, 3.05) is 11.9 Å². The Labute approximate surface area is 158 Å². The van der Waals surface area contributed by atoms with Gasteiger partial charge >= 0.3 is 6.03 Å². The van der Waals surface area contributed by atoms with Gasteiger partial charge in [-0.1, -0.05) is 30.3 Å². The molecular weight excluding hydrogens is 341 g/mol. The van der Waals surface area contributed by atoms with Gasteiger partial charge in [0.25, 0.3) is 0 Å². The lowest BCUT2D eigenvalue weighted by molar-refractivity contribution is 0.180. The zero-order chi connectivity index (χ0) is 19.0. The summed E-state index contributed by atoms with van der Waals surface area (Å²) in [5.41, 5.74) is 4.36. The van der Waals surface area contributed by atoms with Gasteiger partial charge in [-0.05, 0) is 49.2 Å². The number of hydrogen-bond donors (Lipinski definition) is 1. The number of rotatable bonds is 2. The monoisotopic (exact) mass is 363 g/mol. The number of nitrogens with one attached hydrogen (secondary N) is 1. The maximum Gasteiger partial charge on any atom is 0.322 e. The van der Waals surface area contributed by atoms with Gasteiger partial charge in [-0.2, -0.15) is 0 Å². The summed E-state index contributed by atoms with van der Waals surface area (Å²) in [6.45, 7) is 5.20. The second kappa shape index (κ2) is 6.91. The topological polar surface area (TPSA) is 37.3 Å². The van der Waals surface area contributed by atoms with Crippen LogP contribution >= 0.6 is 0 Å². The highest BCUT2D eigenvalue weighted by atomic mass is 19.1. The van der Waals surface area contributed by atoms with E-state index in [4.69, 9.17) is 0 Å². The number of amides is 2. The van der Waals surface area contributed by atoms with Crippen LogP contribution in [-0.2, 0) is 6.54 Å². The van der Waals surface area contributed by atoms with E-state index in [2.05, 4.69) is 9.88 Å². The maximum atomic E-state index is 14.6. The fourth-order valence-electron chi connectivity index (χ4n) is 3.70. The summed E-state index contributed by atoms with van der Waals surface area (Å²) in [4.78, 5) is 14.9. The van der Waals surface area contributed by atoms with Gasteiger partial charge in [0.2, 0.25) is 0 Å². The molecule has 0 aliphatic carbocycles. The molecule has 5 heteroatoms. The van der Waals surface area contributed by atoms with Crippen molar-refractivity contribution in [1.82, 2.24) is 9.47 Å². The van der Waals surface area contributed by atoms with Gasteiger partial charge in [-0.3, -0.25) is 0 Å². The molecule has 0 bridgehead atoms. The first-order chi connectivity index (χ1) is 13.1. The Hall–Kier alpha value is -3.08. The molecule has 4 nitrogen and oxygen atoms in total. The molecule has 0 saturated heterocycles. The number of anilines is 1. The molecule has 2 heterocycles. The highest BCUT2D eigenvalue weighted by Crippen LogP contribution is 2.34. The van der Waals surface area contributed by atoms with E-state index in [9.17, 15) is 9.18 Å². The quantitative estimate of drug-likeness (QED) is 0.692. The van der Waals surface area contributed by atoms with Crippen LogP contribution in [0, 0.1) is 19.7 Å². The van der Waals surface area contributed by atoms with Crippen LogP contribution in [0.5, 0.6) is 0 Å². The summed E-state index contributed by atoms with van der Waals surface area (Å²) in [5, 5.41) is 3.02. The Morgan fingerprint density at radius 1 is 1.04 bits per heavy atom. The van der Waals surface area contributed by atoms with E-state index >= 15 is 0 Å². The van der Waals surface area contributed by atoms with E-state index in [1.54, 1.807) is 23.1 Å². The number of halogens is 1. The number of aryl methyl sites for hydroxylation is 1. The Morgan fingerprint density at radius 2 is 1.85 bits per heavy atom. The predicted molar refractivity (Wildman–Crippen MR) is 104 cm³/mol. The van der Waals surface area contributed by atoms with Crippen LogP contribution < -0.4 is 5.32 Å². The minimum Gasteiger partial charge on any atom is -0.348 e. The molecule has 0 unspecified atom stereocenters. The number of hydrogen-bond acceptors (Lipinski definition) is 1. The molecule has 1 atom stereocenters. The fourth-order valence-corrected chi connectivity index (χ4v) is 3.70. The molecule has 138 valence electrons. The van der Waals surface area contributed by atoms with Gasteiger partial charge in [0.15, 0.2) is 0 Å². The first-order valence-electron chi connectivity index (χ1n) is 9.09. The summed E-state index contributed by atoms with van der Waals surface area (Å²) < 4.78 is 16.7. The number of fused-ring (bicyclic) bond motifs is 1. The Kier molecular flexibility index (Phi) is 4.44. The molecule has 1 aliphatic heterocycles. The summed E-state index contributed by atoms with van der Waals surface area (Å²) in [7, 11) is 0. The van der Waals surface area contributed by atoms with Gasteiger partial charge in [-0.15, -0.1) is 0 Å². The molecule has 0 saturated carbocycles. The lowest BCUT2D eigenvalue weighted by atomic mass is 9.99. The molecule has 4 rings (SSSR count). The number of aromatic nitrogens is 1. The van der Waals surface area contributed by atoms with E-state index in [0.29, 0.717) is 18.7 Å². The molecule has 27 heavy (non-hydrogen) atoms. The smallest absolute Gasteiger partial charge is 0.322 e. The summed E-state index contributed by atoms with van der Waals surface area (Å²) >= 11 is 0. The number of urea groups is 1. The van der Waals surface area contributed by atoms with Gasteiger partial charge in [0.05, 0.1) is 0 Å². The predicted octanol–water partition coefficient (Wildman–Crippen LogP) is 4.88. The van der Waals surface area contributed by atoms with Gasteiger partial charge in [-0.25, -0.2) is 9.18 Å². The molecule has 2 amide bonds. The molecule has 2 aromatic carbocycles. The van der Waals surface area contributed by atoms with Crippen LogP contribution in [0.2, 0.25) is 0 Å². The summed E-state index contributed by atoms with van der Waals surface area (Å²) in [6.07, 6.45) is 1.98. The van der Waals surface area contributed by atoms with Gasteiger partial charge in [0.1, 0.15) is 11.9 Å². The molecule has 0 radical (unpaired) electrons. The fraction of sp³-hybridized carbons (Fsp3) is 0.227. The van der Waals surface area contributed by atoms with Crippen molar-refractivity contribution in [2.45, 2.75) is 26.4 Å². The van der Waals surface area contributed by atoms with Crippen molar-refractivity contribution in [3.05, 3.63) is 89.0 Å². The van der Waals surface area contributed by atoms with Gasteiger partial charge < -0.3 is 14.8 Å². The average molecular weight is 363 g/mol. The molecule has 3 aromatic rings. The molecular formula is C22H22FN3O. The first-order valence-corrected chi connectivity index (χ1v) is 9.09. The standard InChI is InChI=1S/C22H22FN3O/c1-15-7-5-10-19(16(15)2)24-22(27)26-14-13-25-12-6-11-20(25)21(26)17-8-3-4-9-18(17)23/h3-12,21H,13-14H2,1-2H3,(H,24,27)/t21-/m0/s1. The van der Waals surface area contributed by atoms with Gasteiger partial charge in [0, 0.05) is 36.2 Å². The van der Waals surface area contributed by atoms with E-state index in [0.717, 1.165) is 22.5 Å². The zero-order valence-corrected chi connectivity index (χ0v) is 15.4. The van der Waals surface area contributed by atoms with Crippen LogP contribution in [0.1, 0.15) is 28.4 Å². The van der Waals surface area contributed by atoms with Crippen molar-refractivity contribution < 1.29 is 9.18 Å². The van der Waals surface area contributed by atoms with Crippen molar-refractivity contribution in [3.8, 4) is 0 Å². The number of carbonyl (C=O) groups is 1. The number of carbonyl (C=O) groups excluding carboxylic acids is 1. The second-order valence-electron chi connectivity index (χ2n) is 6.92. The van der Waals surface area contributed by atoms with E-state index < -0.39 is 6.04 Å². The zero-order valence-electron chi connectivity index (χ0n) is 15.4. The third-order valence-electron chi connectivity index (χ3n) is 5.35. The van der Waals surface area contributed by atoms with E-state index in [1.165, 1.54) is 6.07 Å². The largest absolute Gasteiger partial charge is 0.348 e. The lowest BCUT2D eigenvalue weighted by Crippen LogP contribution is -2.44. The molecule has 1 N–H and O–H groups in total. The maximum absolute atomic E-state index is 14.6. The highest BCUT2D eigenvalue weighted by molar-refractivity contribution is 5.91. The minimum atomic E-state index is -0.458. The van der Waals surface area contributed by atoms with E-state index in [1.807, 2.05) is 50.4 Å². The van der Waals surface area contributed by atoms with Crippen molar-refractivity contribution in [2.24, 2.45) is 0 Å². The Morgan fingerprint density at radius 3 is 2.67 bits per heavy atom. The molecule has 0 spiro atoms. The first kappa shape index (κ1) is 17.3. The second-order valence-corrected chi connectivity index (χ2v) is 6.92. The highest BCUT2D eigenvalue weighted by Gasteiger charge is 2.33. The molecule has 1 aromatic heterocycles. The SMILES string of the molecule is Cc1cccc(NC(=O)N2CCn3cccc3[C@@H]2c2ccccc2F)c1C. The van der Waals surface area contributed by atoms with Crippen LogP contribution in [0.4, 0.5) is 14.9 Å². The lowest BCUT2D eigenvalue weighted by Gasteiger charge is -2.37. The summed E-state index contributed by atoms with van der Waals surface area (Å²) in [5.74, 6) is -0.304. The third-order valence-corrected chi connectivity index (χ3v) is 5.35. The Bertz CT molecular complexity index is 995.